The van der Waals surface area contributed by atoms with Crippen molar-refractivity contribution < 1.29 is 23.5 Å². The van der Waals surface area contributed by atoms with E-state index in [0.29, 0.717) is 25.9 Å². The summed E-state index contributed by atoms with van der Waals surface area (Å²) in [6.45, 7) is 21.3. The van der Waals surface area contributed by atoms with E-state index >= 15 is 0 Å². The monoisotopic (exact) mass is 521 g/mol. The molecular formula is C27H47N3O5Si. The summed E-state index contributed by atoms with van der Waals surface area (Å²) in [4.78, 5) is 43.0. The molecule has 1 heterocycles. The third kappa shape index (κ3) is 6.79. The van der Waals surface area contributed by atoms with E-state index in [-0.39, 0.29) is 29.6 Å². The van der Waals surface area contributed by atoms with Crippen LogP contribution >= 0.6 is 0 Å². The van der Waals surface area contributed by atoms with Crippen LogP contribution in [0.15, 0.2) is 25.3 Å². The number of allylic oxidation sites excluding steroid dienone is 1. The van der Waals surface area contributed by atoms with Crippen molar-refractivity contribution in [2.75, 3.05) is 26.7 Å². The molecule has 2 rings (SSSR count). The second-order valence-corrected chi connectivity index (χ2v) is 16.4. The molecule has 1 saturated heterocycles. The van der Waals surface area contributed by atoms with Gasteiger partial charge in [0.2, 0.25) is 5.91 Å². The van der Waals surface area contributed by atoms with Gasteiger partial charge in [0.25, 0.3) is 0 Å². The first kappa shape index (κ1) is 30.1. The summed E-state index contributed by atoms with van der Waals surface area (Å²) in [5.74, 6) is -0.755. The smallest absolute Gasteiger partial charge is 0.332 e. The second-order valence-electron chi connectivity index (χ2n) is 11.6. The molecule has 0 radical (unpaired) electrons. The van der Waals surface area contributed by atoms with Crippen molar-refractivity contribution in [1.29, 1.82) is 0 Å². The Kier molecular flexibility index (Phi) is 9.98. The van der Waals surface area contributed by atoms with E-state index in [1.54, 1.807) is 29.8 Å². The number of rotatable bonds is 12. The quantitative estimate of drug-likeness (QED) is 0.177. The predicted octanol–water partition coefficient (Wildman–Crippen LogP) is 4.48. The lowest BCUT2D eigenvalue weighted by atomic mass is 10.1. The van der Waals surface area contributed by atoms with Crippen molar-refractivity contribution in [3.63, 3.8) is 0 Å². The molecule has 3 amide bonds. The Morgan fingerprint density at radius 3 is 2.42 bits per heavy atom. The van der Waals surface area contributed by atoms with Crippen molar-refractivity contribution in [2.45, 2.75) is 95.6 Å². The van der Waals surface area contributed by atoms with E-state index < -0.39 is 31.9 Å². The lowest BCUT2D eigenvalue weighted by Gasteiger charge is -2.38. The minimum absolute atomic E-state index is 0.00327. The van der Waals surface area contributed by atoms with E-state index in [0.717, 1.165) is 19.3 Å². The summed E-state index contributed by atoms with van der Waals surface area (Å²) >= 11 is 0. The number of esters is 1. The maximum Gasteiger partial charge on any atom is 0.332 e. The van der Waals surface area contributed by atoms with Gasteiger partial charge in [-0.25, -0.2) is 9.59 Å². The van der Waals surface area contributed by atoms with Crippen LogP contribution in [0.25, 0.3) is 0 Å². The highest BCUT2D eigenvalue weighted by Gasteiger charge is 2.62. The summed E-state index contributed by atoms with van der Waals surface area (Å²) in [7, 11) is -0.335. The van der Waals surface area contributed by atoms with Crippen molar-refractivity contribution in [3.8, 4) is 0 Å². The van der Waals surface area contributed by atoms with Gasteiger partial charge in [-0.1, -0.05) is 32.9 Å². The first-order chi connectivity index (χ1) is 16.7. The molecule has 2 fully saturated rings. The van der Waals surface area contributed by atoms with E-state index in [4.69, 9.17) is 9.16 Å². The largest absolute Gasteiger partial charge is 0.464 e. The summed E-state index contributed by atoms with van der Waals surface area (Å²) in [6, 6.07) is -1.09. The van der Waals surface area contributed by atoms with Crippen molar-refractivity contribution >= 4 is 26.2 Å². The van der Waals surface area contributed by atoms with Gasteiger partial charge < -0.3 is 24.3 Å². The highest BCUT2D eigenvalue weighted by Crippen LogP contribution is 2.46. The van der Waals surface area contributed by atoms with Gasteiger partial charge in [0.1, 0.15) is 11.6 Å². The Morgan fingerprint density at radius 2 is 1.89 bits per heavy atom. The molecule has 0 aromatic heterocycles. The van der Waals surface area contributed by atoms with Gasteiger partial charge in [0.05, 0.1) is 12.7 Å². The maximum absolute atomic E-state index is 13.6. The van der Waals surface area contributed by atoms with Gasteiger partial charge in [0.15, 0.2) is 8.32 Å². The molecule has 2 aliphatic rings. The fraction of sp³-hybridized carbons (Fsp3) is 0.741. The molecule has 36 heavy (non-hydrogen) atoms. The third-order valence-electron chi connectivity index (χ3n) is 7.87. The number of carbonyl (C=O) groups excluding carboxylic acids is 3. The number of urea groups is 1. The van der Waals surface area contributed by atoms with Crippen LogP contribution in [0.3, 0.4) is 0 Å². The highest BCUT2D eigenvalue weighted by atomic mass is 28.4. The van der Waals surface area contributed by atoms with Gasteiger partial charge in [-0.3, -0.25) is 4.79 Å². The molecule has 9 heteroatoms. The van der Waals surface area contributed by atoms with Crippen LogP contribution in [0, 0.1) is 5.92 Å². The van der Waals surface area contributed by atoms with Crippen LogP contribution in [0.1, 0.15) is 59.8 Å². The van der Waals surface area contributed by atoms with Crippen LogP contribution in [0.4, 0.5) is 4.79 Å². The van der Waals surface area contributed by atoms with Gasteiger partial charge >= 0.3 is 12.0 Å². The zero-order valence-corrected chi connectivity index (χ0v) is 24.4. The Hall–Kier alpha value is -2.13. The molecule has 0 spiro atoms. The number of amides is 3. The minimum atomic E-state index is -2.12. The van der Waals surface area contributed by atoms with Crippen LogP contribution < -0.4 is 5.32 Å². The minimum Gasteiger partial charge on any atom is -0.464 e. The number of hydrogen-bond donors (Lipinski definition) is 1. The predicted molar refractivity (Wildman–Crippen MR) is 145 cm³/mol. The number of carbonyl (C=O) groups is 3. The van der Waals surface area contributed by atoms with Crippen LogP contribution in [0.2, 0.25) is 18.1 Å². The summed E-state index contributed by atoms with van der Waals surface area (Å²) in [6.07, 6.45) is 6.91. The summed E-state index contributed by atoms with van der Waals surface area (Å²) < 4.78 is 11.9. The molecule has 0 aromatic carbocycles. The number of nitrogens with one attached hydrogen (secondary N) is 1. The molecule has 0 aromatic rings. The van der Waals surface area contributed by atoms with Gasteiger partial charge in [-0.05, 0) is 50.7 Å². The van der Waals surface area contributed by atoms with Gasteiger partial charge in [0, 0.05) is 32.5 Å². The average molecular weight is 522 g/mol. The fourth-order valence-corrected chi connectivity index (χ4v) is 5.82. The molecule has 8 nitrogen and oxygen atoms in total. The Morgan fingerprint density at radius 1 is 1.22 bits per heavy atom. The maximum atomic E-state index is 13.6. The molecule has 0 bridgehead atoms. The van der Waals surface area contributed by atoms with E-state index in [1.807, 2.05) is 6.08 Å². The second kappa shape index (κ2) is 11.9. The number of unbranched alkanes of at least 4 members (excludes halogenated alkanes) is 2. The molecule has 1 N–H and O–H groups in total. The van der Waals surface area contributed by atoms with Crippen LogP contribution in [-0.4, -0.2) is 80.5 Å². The lowest BCUT2D eigenvalue weighted by Crippen LogP contribution is -2.55. The topological polar surface area (TPSA) is 88.2 Å². The van der Waals surface area contributed by atoms with Gasteiger partial charge in [-0.2, -0.15) is 0 Å². The van der Waals surface area contributed by atoms with Crippen molar-refractivity contribution in [1.82, 2.24) is 15.1 Å². The fourth-order valence-electron chi connectivity index (χ4n) is 4.46. The molecule has 4 atom stereocenters. The van der Waals surface area contributed by atoms with E-state index in [2.05, 4.69) is 52.3 Å². The SMILES string of the molecule is C=CCCCCN(C)C(=O)[C@@H]1C[C@@H](O[Si](C)(C)C(C)(C)C)CN1C(=O)N[C@]1(C(=O)OCC)C[C@H]1C=C. The number of nitrogens with zero attached hydrogens (tertiary/aromatic N) is 2. The third-order valence-corrected chi connectivity index (χ3v) is 12.4. The standard InChI is InChI=1S/C27H47N3O5Si/c1-10-13-14-15-16-29(7)23(31)22-17-21(35-36(8,9)26(4,5)6)19-30(22)25(33)28-27(18-20(27)11-2)24(32)34-12-3/h10-11,20-22H,1-2,12-19H2,3-9H3,(H,28,33)/t20-,21-,22+,27-/m1/s1. The lowest BCUT2D eigenvalue weighted by molar-refractivity contribution is -0.147. The summed E-state index contributed by atoms with van der Waals surface area (Å²) in [5, 5.41) is 2.91. The summed E-state index contributed by atoms with van der Waals surface area (Å²) in [5.41, 5.74) is -1.11. The zero-order chi connectivity index (χ0) is 27.3. The normalized spacial score (nSPS) is 25.8. The number of likely N-dealkylation sites (N-methyl/N-ethyl adjacent to an activating group) is 1. The molecule has 1 saturated carbocycles. The Labute approximate surface area is 218 Å². The number of likely N-dealkylation sites (tertiary alicyclic amines) is 1. The van der Waals surface area contributed by atoms with Crippen LogP contribution in [-0.2, 0) is 18.8 Å². The van der Waals surface area contributed by atoms with Crippen molar-refractivity contribution in [2.24, 2.45) is 5.92 Å². The molecular weight excluding hydrogens is 474 g/mol. The van der Waals surface area contributed by atoms with Crippen molar-refractivity contribution in [3.05, 3.63) is 25.3 Å². The Balaban J connectivity index is 2.23. The van der Waals surface area contributed by atoms with Gasteiger partial charge in [-0.15, -0.1) is 13.2 Å². The molecule has 1 aliphatic carbocycles. The van der Waals surface area contributed by atoms with Crippen LogP contribution in [0.5, 0.6) is 0 Å². The molecule has 1 aliphatic heterocycles. The first-order valence-electron chi connectivity index (χ1n) is 13.2. The van der Waals surface area contributed by atoms with E-state index in [9.17, 15) is 14.4 Å². The average Bonchev–Trinajstić information content (AvgIpc) is 3.35. The number of hydrogen-bond acceptors (Lipinski definition) is 5. The molecule has 204 valence electrons. The number of ether oxygens (including phenoxy) is 1. The Bertz CT molecular complexity index is 840. The zero-order valence-electron chi connectivity index (χ0n) is 23.4. The molecule has 0 unspecified atom stereocenters. The highest BCUT2D eigenvalue weighted by molar-refractivity contribution is 6.74. The first-order valence-corrected chi connectivity index (χ1v) is 16.1. The van der Waals surface area contributed by atoms with E-state index in [1.165, 1.54) is 0 Å².